The van der Waals surface area contributed by atoms with Crippen LogP contribution in [0.25, 0.3) is 6.08 Å². The van der Waals surface area contributed by atoms with Crippen LogP contribution in [0.3, 0.4) is 0 Å². The summed E-state index contributed by atoms with van der Waals surface area (Å²) in [7, 11) is 0. The molecular weight excluding hydrogens is 318 g/mol. The predicted molar refractivity (Wildman–Crippen MR) is 89.4 cm³/mol. The van der Waals surface area contributed by atoms with Gasteiger partial charge in [-0.15, -0.1) is 0 Å². The summed E-state index contributed by atoms with van der Waals surface area (Å²) < 4.78 is 5.34. The standard InChI is InChI=1S/C17H16ClNO4/c1-2-23-16-6-3-12(4-7-16)9-15(19(21)22)11-13-10-14(18)5-8-17(13)20/h3-8,10-11,20H,2,9H2,1H3/b15-11+. The van der Waals surface area contributed by atoms with E-state index >= 15 is 0 Å². The number of hydrogen-bond donors (Lipinski definition) is 1. The maximum absolute atomic E-state index is 11.3. The van der Waals surface area contributed by atoms with Gasteiger partial charge >= 0.3 is 0 Å². The van der Waals surface area contributed by atoms with Gasteiger partial charge in [-0.25, -0.2) is 0 Å². The van der Waals surface area contributed by atoms with E-state index in [1.807, 2.05) is 6.92 Å². The molecular formula is C17H16ClNO4. The molecule has 1 N–H and O–H groups in total. The Kier molecular flexibility index (Phi) is 5.60. The lowest BCUT2D eigenvalue weighted by Crippen LogP contribution is -2.02. The predicted octanol–water partition coefficient (Wildman–Crippen LogP) is 4.30. The van der Waals surface area contributed by atoms with E-state index in [1.54, 1.807) is 24.3 Å². The number of nitro groups is 1. The Morgan fingerprint density at radius 2 is 2.00 bits per heavy atom. The SMILES string of the molecule is CCOc1ccc(C/C(=C\c2cc(Cl)ccc2O)[N+](=O)[O-])cc1. The van der Waals surface area contributed by atoms with E-state index in [9.17, 15) is 15.2 Å². The van der Waals surface area contributed by atoms with Crippen LogP contribution in [0.4, 0.5) is 0 Å². The van der Waals surface area contributed by atoms with Gasteiger partial charge in [0.15, 0.2) is 0 Å². The van der Waals surface area contributed by atoms with Gasteiger partial charge in [-0.1, -0.05) is 23.7 Å². The van der Waals surface area contributed by atoms with Crippen molar-refractivity contribution in [1.82, 2.24) is 0 Å². The first-order chi connectivity index (χ1) is 11.0. The Bertz CT molecular complexity index is 726. The van der Waals surface area contributed by atoms with Crippen molar-refractivity contribution in [2.75, 3.05) is 6.61 Å². The van der Waals surface area contributed by atoms with Gasteiger partial charge in [0, 0.05) is 16.7 Å². The number of hydrogen-bond acceptors (Lipinski definition) is 4. The molecule has 0 amide bonds. The molecule has 0 heterocycles. The summed E-state index contributed by atoms with van der Waals surface area (Å²) in [5.74, 6) is 0.663. The number of aromatic hydroxyl groups is 1. The molecule has 0 atom stereocenters. The highest BCUT2D eigenvalue weighted by Crippen LogP contribution is 2.25. The lowest BCUT2D eigenvalue weighted by molar-refractivity contribution is -0.425. The topological polar surface area (TPSA) is 72.6 Å². The molecule has 2 rings (SSSR count). The molecule has 6 heteroatoms. The molecule has 0 aliphatic rings. The van der Waals surface area contributed by atoms with Crippen molar-refractivity contribution in [3.63, 3.8) is 0 Å². The Hall–Kier alpha value is -2.53. The minimum Gasteiger partial charge on any atom is -0.507 e. The normalized spacial score (nSPS) is 11.3. The minimum atomic E-state index is -0.462. The second-order valence-corrected chi connectivity index (χ2v) is 5.29. The molecule has 23 heavy (non-hydrogen) atoms. The average molecular weight is 334 g/mol. The Morgan fingerprint density at radius 1 is 1.30 bits per heavy atom. The fourth-order valence-electron chi connectivity index (χ4n) is 2.07. The zero-order valence-electron chi connectivity index (χ0n) is 12.5. The number of rotatable bonds is 6. The molecule has 0 aromatic heterocycles. The number of phenolic OH excluding ortho intramolecular Hbond substituents is 1. The summed E-state index contributed by atoms with van der Waals surface area (Å²) >= 11 is 5.86. The van der Waals surface area contributed by atoms with E-state index < -0.39 is 4.92 Å². The van der Waals surface area contributed by atoms with Crippen LogP contribution in [0.15, 0.2) is 48.2 Å². The van der Waals surface area contributed by atoms with E-state index in [1.165, 1.54) is 24.3 Å². The fraction of sp³-hybridized carbons (Fsp3) is 0.176. The zero-order valence-corrected chi connectivity index (χ0v) is 13.3. The molecule has 5 nitrogen and oxygen atoms in total. The van der Waals surface area contributed by atoms with Crippen molar-refractivity contribution in [3.8, 4) is 11.5 Å². The van der Waals surface area contributed by atoms with E-state index in [4.69, 9.17) is 16.3 Å². The summed E-state index contributed by atoms with van der Waals surface area (Å²) in [6.45, 7) is 2.45. The molecule has 0 unspecified atom stereocenters. The second-order valence-electron chi connectivity index (χ2n) is 4.85. The van der Waals surface area contributed by atoms with Crippen LogP contribution in [0.5, 0.6) is 11.5 Å². The van der Waals surface area contributed by atoms with Crippen LogP contribution in [0.1, 0.15) is 18.1 Å². The van der Waals surface area contributed by atoms with Gasteiger partial charge in [0.25, 0.3) is 5.70 Å². The van der Waals surface area contributed by atoms with E-state index in [-0.39, 0.29) is 17.9 Å². The molecule has 0 aliphatic carbocycles. The van der Waals surface area contributed by atoms with E-state index in [0.717, 1.165) is 11.3 Å². The molecule has 0 fully saturated rings. The maximum Gasteiger partial charge on any atom is 0.251 e. The second kappa shape index (κ2) is 7.65. The van der Waals surface area contributed by atoms with Gasteiger partial charge < -0.3 is 9.84 Å². The van der Waals surface area contributed by atoms with Gasteiger partial charge in [-0.05, 0) is 42.8 Å². The third kappa shape index (κ3) is 4.72. The number of phenols is 1. The molecule has 2 aromatic carbocycles. The zero-order chi connectivity index (χ0) is 16.8. The molecule has 0 saturated heterocycles. The van der Waals surface area contributed by atoms with Crippen LogP contribution in [-0.4, -0.2) is 16.6 Å². The minimum absolute atomic E-state index is 0.0354. The average Bonchev–Trinajstić information content (AvgIpc) is 2.52. The fourth-order valence-corrected chi connectivity index (χ4v) is 2.25. The smallest absolute Gasteiger partial charge is 0.251 e. The molecule has 120 valence electrons. The summed E-state index contributed by atoms with van der Waals surface area (Å²) in [6.07, 6.45) is 1.46. The largest absolute Gasteiger partial charge is 0.507 e. The molecule has 0 saturated carbocycles. The highest BCUT2D eigenvalue weighted by Gasteiger charge is 2.14. The number of nitrogens with zero attached hydrogens (tertiary/aromatic N) is 1. The Morgan fingerprint density at radius 3 is 2.61 bits per heavy atom. The van der Waals surface area contributed by atoms with E-state index in [2.05, 4.69) is 0 Å². The van der Waals surface area contributed by atoms with Crippen LogP contribution in [0.2, 0.25) is 5.02 Å². The van der Waals surface area contributed by atoms with Crippen molar-refractivity contribution >= 4 is 17.7 Å². The first-order valence-corrected chi connectivity index (χ1v) is 7.42. The quantitative estimate of drug-likeness (QED) is 0.631. The van der Waals surface area contributed by atoms with Crippen LogP contribution in [-0.2, 0) is 6.42 Å². The number of halogens is 1. The first-order valence-electron chi connectivity index (χ1n) is 7.05. The number of ether oxygens (including phenoxy) is 1. The maximum atomic E-state index is 11.3. The number of benzene rings is 2. The third-order valence-corrected chi connectivity index (χ3v) is 3.40. The summed E-state index contributed by atoms with van der Waals surface area (Å²) in [6, 6.07) is 11.5. The highest BCUT2D eigenvalue weighted by molar-refractivity contribution is 6.30. The molecule has 0 aliphatic heterocycles. The van der Waals surface area contributed by atoms with Crippen LogP contribution in [0, 0.1) is 10.1 Å². The van der Waals surface area contributed by atoms with Gasteiger partial charge in [-0.2, -0.15) is 0 Å². The number of allylic oxidation sites excluding steroid dienone is 1. The van der Waals surface area contributed by atoms with Crippen molar-refractivity contribution in [2.45, 2.75) is 13.3 Å². The van der Waals surface area contributed by atoms with Crippen molar-refractivity contribution in [1.29, 1.82) is 0 Å². The van der Waals surface area contributed by atoms with Gasteiger partial charge in [0.2, 0.25) is 0 Å². The van der Waals surface area contributed by atoms with Crippen LogP contribution < -0.4 is 4.74 Å². The van der Waals surface area contributed by atoms with Gasteiger partial charge in [0.1, 0.15) is 11.5 Å². The summed E-state index contributed by atoms with van der Waals surface area (Å²) in [5, 5.41) is 21.5. The molecule has 2 aromatic rings. The summed E-state index contributed by atoms with van der Waals surface area (Å²) in [5.41, 5.74) is 1.06. The molecule has 0 radical (unpaired) electrons. The Balaban J connectivity index is 2.26. The van der Waals surface area contributed by atoms with Crippen molar-refractivity contribution in [2.24, 2.45) is 0 Å². The Labute approximate surface area is 138 Å². The molecule has 0 bridgehead atoms. The monoisotopic (exact) mass is 333 g/mol. The van der Waals surface area contributed by atoms with Crippen molar-refractivity contribution in [3.05, 3.63) is 74.4 Å². The van der Waals surface area contributed by atoms with Crippen LogP contribution >= 0.6 is 11.6 Å². The molecule has 0 spiro atoms. The van der Waals surface area contributed by atoms with Gasteiger partial charge in [-0.3, -0.25) is 10.1 Å². The lowest BCUT2D eigenvalue weighted by atomic mass is 10.1. The third-order valence-electron chi connectivity index (χ3n) is 3.17. The first kappa shape index (κ1) is 16.8. The van der Waals surface area contributed by atoms with Crippen molar-refractivity contribution < 1.29 is 14.8 Å². The van der Waals surface area contributed by atoms with E-state index in [0.29, 0.717) is 17.2 Å². The highest BCUT2D eigenvalue weighted by atomic mass is 35.5. The lowest BCUT2D eigenvalue weighted by Gasteiger charge is -2.05. The van der Waals surface area contributed by atoms with Gasteiger partial charge in [0.05, 0.1) is 18.0 Å². The summed E-state index contributed by atoms with van der Waals surface area (Å²) in [4.78, 5) is 10.8.